The molecule has 8 heteroatoms. The molecule has 0 bridgehead atoms. The molecule has 2 N–H and O–H groups in total. The third kappa shape index (κ3) is 3.39. The van der Waals surface area contributed by atoms with E-state index in [1.165, 1.54) is 28.8 Å². The lowest BCUT2D eigenvalue weighted by atomic mass is 10.1. The van der Waals surface area contributed by atoms with E-state index in [1.807, 2.05) is 30.3 Å². The van der Waals surface area contributed by atoms with Gasteiger partial charge in [0.25, 0.3) is 17.2 Å². The van der Waals surface area contributed by atoms with Crippen LogP contribution in [0, 0.1) is 12.7 Å². The van der Waals surface area contributed by atoms with Gasteiger partial charge in [0.2, 0.25) is 5.95 Å². The fourth-order valence-corrected chi connectivity index (χ4v) is 2.90. The lowest BCUT2D eigenvalue weighted by Gasteiger charge is -2.04. The number of hydrogen-bond acceptors (Lipinski definition) is 4. The number of benzene rings is 2. The molecule has 2 aromatic carbocycles. The lowest BCUT2D eigenvalue weighted by Crippen LogP contribution is -2.22. The third-order valence-electron chi connectivity index (χ3n) is 4.36. The number of nitrogens with one attached hydrogen (secondary N) is 2. The van der Waals surface area contributed by atoms with Crippen LogP contribution in [0.1, 0.15) is 27.2 Å². The van der Waals surface area contributed by atoms with Crippen molar-refractivity contribution in [2.45, 2.75) is 13.3 Å². The van der Waals surface area contributed by atoms with Crippen LogP contribution in [0.2, 0.25) is 0 Å². The van der Waals surface area contributed by atoms with E-state index < -0.39 is 11.7 Å². The van der Waals surface area contributed by atoms with Gasteiger partial charge in [-0.15, -0.1) is 0 Å². The topological polar surface area (TPSA) is 92.2 Å². The molecule has 0 atom stereocenters. The van der Waals surface area contributed by atoms with Crippen molar-refractivity contribution in [3.05, 3.63) is 93.2 Å². The minimum atomic E-state index is -0.478. The number of fused-ring (bicyclic) bond motifs is 1. The largest absolute Gasteiger partial charge is 0.291 e. The van der Waals surface area contributed by atoms with Gasteiger partial charge < -0.3 is 0 Å². The van der Waals surface area contributed by atoms with Crippen molar-refractivity contribution in [3.63, 3.8) is 0 Å². The van der Waals surface area contributed by atoms with Crippen LogP contribution >= 0.6 is 0 Å². The van der Waals surface area contributed by atoms with Crippen molar-refractivity contribution in [2.75, 3.05) is 5.32 Å². The van der Waals surface area contributed by atoms with Crippen LogP contribution < -0.4 is 10.9 Å². The van der Waals surface area contributed by atoms with Crippen molar-refractivity contribution >= 4 is 17.6 Å². The zero-order chi connectivity index (χ0) is 19.7. The minimum absolute atomic E-state index is 0.0789. The Morgan fingerprint density at radius 2 is 1.82 bits per heavy atom. The first kappa shape index (κ1) is 17.6. The number of rotatable bonds is 4. The molecule has 140 valence electrons. The van der Waals surface area contributed by atoms with Gasteiger partial charge in [-0.3, -0.25) is 20.0 Å². The molecule has 4 aromatic rings. The molecule has 0 fully saturated rings. The van der Waals surface area contributed by atoms with Crippen LogP contribution in [0.15, 0.2) is 59.4 Å². The van der Waals surface area contributed by atoms with E-state index >= 15 is 0 Å². The number of H-pyrrole nitrogens is 1. The number of carbonyl (C=O) groups is 1. The van der Waals surface area contributed by atoms with Gasteiger partial charge in [0.15, 0.2) is 0 Å². The first-order chi connectivity index (χ1) is 13.5. The van der Waals surface area contributed by atoms with E-state index in [4.69, 9.17) is 0 Å². The second-order valence-corrected chi connectivity index (χ2v) is 6.31. The SMILES string of the molecule is Cc1nc2nc(NC(=O)c3ccc(F)cc3)[nH]n2c(=O)c1Cc1ccccc1. The van der Waals surface area contributed by atoms with Gasteiger partial charge in [0.05, 0.1) is 5.69 Å². The molecule has 2 aromatic heterocycles. The molecule has 0 saturated carbocycles. The average molecular weight is 377 g/mol. The maximum atomic E-state index is 13.0. The Morgan fingerprint density at radius 1 is 1.11 bits per heavy atom. The molecular weight excluding hydrogens is 361 g/mol. The number of carbonyl (C=O) groups excluding carboxylic acids is 1. The number of nitrogens with zero attached hydrogens (tertiary/aromatic N) is 3. The molecule has 0 aliphatic rings. The monoisotopic (exact) mass is 377 g/mol. The van der Waals surface area contributed by atoms with Crippen molar-refractivity contribution < 1.29 is 9.18 Å². The summed E-state index contributed by atoms with van der Waals surface area (Å²) in [5.74, 6) is -0.672. The van der Waals surface area contributed by atoms with Crippen molar-refractivity contribution in [1.29, 1.82) is 0 Å². The summed E-state index contributed by atoms with van der Waals surface area (Å²) in [6.07, 6.45) is 0.442. The molecule has 0 unspecified atom stereocenters. The second kappa shape index (κ2) is 7.07. The fraction of sp³-hybridized carbons (Fsp3) is 0.100. The molecule has 0 saturated heterocycles. The van der Waals surface area contributed by atoms with Crippen LogP contribution in [0.25, 0.3) is 5.78 Å². The van der Waals surface area contributed by atoms with Gasteiger partial charge in [-0.05, 0) is 36.8 Å². The fourth-order valence-electron chi connectivity index (χ4n) is 2.90. The van der Waals surface area contributed by atoms with Gasteiger partial charge in [0, 0.05) is 17.5 Å². The van der Waals surface area contributed by atoms with Crippen LogP contribution in [-0.4, -0.2) is 25.5 Å². The molecule has 0 radical (unpaired) electrons. The molecular formula is C20H16FN5O2. The summed E-state index contributed by atoms with van der Waals surface area (Å²) < 4.78 is 14.2. The Morgan fingerprint density at radius 3 is 2.54 bits per heavy atom. The van der Waals surface area contributed by atoms with Crippen LogP contribution in [0.5, 0.6) is 0 Å². The van der Waals surface area contributed by atoms with Crippen molar-refractivity contribution in [1.82, 2.24) is 19.6 Å². The highest BCUT2D eigenvalue weighted by Gasteiger charge is 2.15. The maximum absolute atomic E-state index is 13.0. The Bertz CT molecular complexity index is 1210. The molecule has 0 aliphatic carbocycles. The minimum Gasteiger partial charge on any atom is -0.291 e. The number of anilines is 1. The van der Waals surface area contributed by atoms with E-state index in [1.54, 1.807) is 6.92 Å². The molecule has 28 heavy (non-hydrogen) atoms. The Labute approximate surface area is 158 Å². The lowest BCUT2D eigenvalue weighted by molar-refractivity contribution is 0.102. The highest BCUT2D eigenvalue weighted by Crippen LogP contribution is 2.11. The zero-order valence-corrected chi connectivity index (χ0v) is 14.9. The maximum Gasteiger partial charge on any atom is 0.277 e. The van der Waals surface area contributed by atoms with Crippen LogP contribution in [0.4, 0.5) is 10.3 Å². The number of aromatic nitrogens is 4. The Kier molecular flexibility index (Phi) is 4.44. The summed E-state index contributed by atoms with van der Waals surface area (Å²) in [7, 11) is 0. The summed E-state index contributed by atoms with van der Waals surface area (Å²) >= 11 is 0. The highest BCUT2D eigenvalue weighted by atomic mass is 19.1. The van der Waals surface area contributed by atoms with E-state index in [0.717, 1.165) is 5.56 Å². The number of halogens is 1. The smallest absolute Gasteiger partial charge is 0.277 e. The second-order valence-electron chi connectivity index (χ2n) is 6.31. The van der Waals surface area contributed by atoms with Crippen LogP contribution in [0.3, 0.4) is 0 Å². The predicted octanol–water partition coefficient (Wildman–Crippen LogP) is 2.71. The van der Waals surface area contributed by atoms with Gasteiger partial charge in [0.1, 0.15) is 5.82 Å². The quantitative estimate of drug-likeness (QED) is 0.572. The van der Waals surface area contributed by atoms with Crippen molar-refractivity contribution in [3.8, 4) is 0 Å². The van der Waals surface area contributed by atoms with Gasteiger partial charge in [-0.25, -0.2) is 9.37 Å². The third-order valence-corrected chi connectivity index (χ3v) is 4.36. The molecule has 1 amide bonds. The highest BCUT2D eigenvalue weighted by molar-refractivity contribution is 6.03. The summed E-state index contributed by atoms with van der Waals surface area (Å²) in [4.78, 5) is 33.6. The van der Waals surface area contributed by atoms with Gasteiger partial charge in [-0.2, -0.15) is 9.50 Å². The average Bonchev–Trinajstić information content (AvgIpc) is 3.09. The van der Waals surface area contributed by atoms with E-state index in [0.29, 0.717) is 17.7 Å². The zero-order valence-electron chi connectivity index (χ0n) is 14.9. The van der Waals surface area contributed by atoms with E-state index in [2.05, 4.69) is 20.4 Å². The molecule has 2 heterocycles. The summed E-state index contributed by atoms with van der Waals surface area (Å²) in [5.41, 5.74) is 2.11. The number of hydrogen-bond donors (Lipinski definition) is 2. The normalized spacial score (nSPS) is 10.9. The summed E-state index contributed by atoms with van der Waals surface area (Å²) in [6.45, 7) is 1.76. The van der Waals surface area contributed by atoms with Crippen molar-refractivity contribution in [2.24, 2.45) is 0 Å². The van der Waals surface area contributed by atoms with E-state index in [-0.39, 0.29) is 22.8 Å². The Balaban J connectivity index is 1.65. The number of aryl methyl sites for hydroxylation is 1. The van der Waals surface area contributed by atoms with Gasteiger partial charge >= 0.3 is 0 Å². The number of amides is 1. The summed E-state index contributed by atoms with van der Waals surface area (Å²) in [5, 5.41) is 5.31. The molecule has 0 aliphatic heterocycles. The Hall–Kier alpha value is -3.81. The molecule has 7 nitrogen and oxygen atoms in total. The molecule has 0 spiro atoms. The predicted molar refractivity (Wildman–Crippen MR) is 102 cm³/mol. The first-order valence-electron chi connectivity index (χ1n) is 8.60. The van der Waals surface area contributed by atoms with E-state index in [9.17, 15) is 14.0 Å². The van der Waals surface area contributed by atoms with Crippen LogP contribution in [-0.2, 0) is 6.42 Å². The first-order valence-corrected chi connectivity index (χ1v) is 8.60. The number of aromatic amines is 1. The molecule has 4 rings (SSSR count). The standard InChI is InChI=1S/C20H16FN5O2/c1-12-16(11-13-5-3-2-4-6-13)18(28)26-20(22-12)24-19(25-26)23-17(27)14-7-9-15(21)10-8-14/h2-10H,11H2,1H3,(H2,22,23,24,25,27). The van der Waals surface area contributed by atoms with Gasteiger partial charge in [-0.1, -0.05) is 30.3 Å². The summed E-state index contributed by atoms with van der Waals surface area (Å²) in [6, 6.07) is 14.7.